The molecule has 0 aromatic rings. The topological polar surface area (TPSA) is 46.2 Å². The zero-order valence-corrected chi connectivity index (χ0v) is 13.3. The highest BCUT2D eigenvalue weighted by Crippen LogP contribution is 2.33. The summed E-state index contributed by atoms with van der Waals surface area (Å²) in [6.07, 6.45) is 8.68. The first-order chi connectivity index (χ1) is 8.63. The van der Waals surface area contributed by atoms with Crippen molar-refractivity contribution >= 4 is 26.0 Å². The Kier molecular flexibility index (Phi) is 5.51. The summed E-state index contributed by atoms with van der Waals surface area (Å²) in [4.78, 5) is 0. The summed E-state index contributed by atoms with van der Waals surface area (Å²) in [6, 6.07) is 0. The van der Waals surface area contributed by atoms with Gasteiger partial charge in [0.1, 0.15) is 0 Å². The summed E-state index contributed by atoms with van der Waals surface area (Å²) in [7, 11) is -3.07. The van der Waals surface area contributed by atoms with Gasteiger partial charge in [0, 0.05) is 11.9 Å². The van der Waals surface area contributed by atoms with E-state index in [-0.39, 0.29) is 5.25 Å². The monoisotopic (exact) mass is 337 g/mol. The van der Waals surface area contributed by atoms with Crippen LogP contribution in [0.1, 0.15) is 51.4 Å². The molecule has 1 N–H and O–H groups in total. The second kappa shape index (κ2) is 6.71. The summed E-state index contributed by atoms with van der Waals surface area (Å²) in [6.45, 7) is 0.648. The molecule has 0 saturated heterocycles. The van der Waals surface area contributed by atoms with E-state index in [2.05, 4.69) is 20.7 Å². The predicted molar refractivity (Wildman–Crippen MR) is 78.4 cm³/mol. The third-order valence-electron chi connectivity index (χ3n) is 4.55. The van der Waals surface area contributed by atoms with Crippen LogP contribution in [0.15, 0.2) is 0 Å². The quantitative estimate of drug-likeness (QED) is 0.783. The predicted octanol–water partition coefficient (Wildman–Crippen LogP) is 3.05. The van der Waals surface area contributed by atoms with E-state index in [1.54, 1.807) is 0 Å². The molecule has 0 bridgehead atoms. The summed E-state index contributed by atoms with van der Waals surface area (Å²) in [5.41, 5.74) is 0. The Balaban J connectivity index is 1.84. The molecule has 0 amide bonds. The SMILES string of the molecule is O=S(=O)(NCC1CCCC1CBr)C1CCCCC1. The highest BCUT2D eigenvalue weighted by atomic mass is 79.9. The minimum atomic E-state index is -3.07. The van der Waals surface area contributed by atoms with Gasteiger partial charge in [-0.25, -0.2) is 13.1 Å². The van der Waals surface area contributed by atoms with E-state index in [0.29, 0.717) is 18.4 Å². The smallest absolute Gasteiger partial charge is 0.214 e. The van der Waals surface area contributed by atoms with Crippen LogP contribution in [0.5, 0.6) is 0 Å². The molecule has 0 spiro atoms. The summed E-state index contributed by atoms with van der Waals surface area (Å²) in [5, 5.41) is 0.873. The minimum Gasteiger partial charge on any atom is -0.215 e. The number of hydrogen-bond acceptors (Lipinski definition) is 2. The molecule has 3 nitrogen and oxygen atoms in total. The van der Waals surface area contributed by atoms with Crippen LogP contribution in [0.3, 0.4) is 0 Å². The third kappa shape index (κ3) is 3.70. The Bertz CT molecular complexity index is 352. The van der Waals surface area contributed by atoms with Crippen LogP contribution in [0, 0.1) is 11.8 Å². The lowest BCUT2D eigenvalue weighted by molar-refractivity contribution is 0.416. The molecule has 2 rings (SSSR count). The summed E-state index contributed by atoms with van der Waals surface area (Å²) >= 11 is 3.54. The third-order valence-corrected chi connectivity index (χ3v) is 7.30. The van der Waals surface area contributed by atoms with Crippen LogP contribution in [0.4, 0.5) is 0 Å². The van der Waals surface area contributed by atoms with E-state index in [9.17, 15) is 8.42 Å². The van der Waals surface area contributed by atoms with E-state index in [1.807, 2.05) is 0 Å². The fraction of sp³-hybridized carbons (Fsp3) is 1.00. The van der Waals surface area contributed by atoms with Crippen molar-refractivity contribution in [1.82, 2.24) is 4.72 Å². The first-order valence-corrected chi connectivity index (χ1v) is 9.84. The molecule has 5 heteroatoms. The Labute approximate surface area is 119 Å². The molecule has 2 saturated carbocycles. The van der Waals surface area contributed by atoms with Gasteiger partial charge >= 0.3 is 0 Å². The van der Waals surface area contributed by atoms with E-state index < -0.39 is 10.0 Å². The van der Waals surface area contributed by atoms with E-state index in [0.717, 1.165) is 31.0 Å². The molecule has 2 atom stereocenters. The molecule has 2 fully saturated rings. The van der Waals surface area contributed by atoms with Crippen molar-refractivity contribution < 1.29 is 8.42 Å². The van der Waals surface area contributed by atoms with Crippen molar-refractivity contribution in [2.45, 2.75) is 56.6 Å². The molecule has 0 aromatic heterocycles. The zero-order valence-electron chi connectivity index (χ0n) is 10.9. The molecule has 2 aliphatic carbocycles. The summed E-state index contributed by atoms with van der Waals surface area (Å²) < 4.78 is 27.3. The lowest BCUT2D eigenvalue weighted by atomic mass is 9.99. The van der Waals surface area contributed by atoms with Gasteiger partial charge in [-0.15, -0.1) is 0 Å². The molecule has 0 aliphatic heterocycles. The van der Waals surface area contributed by atoms with Crippen LogP contribution in [-0.2, 0) is 10.0 Å². The van der Waals surface area contributed by atoms with E-state index in [4.69, 9.17) is 0 Å². The molecule has 2 aliphatic rings. The van der Waals surface area contributed by atoms with Crippen LogP contribution in [-0.4, -0.2) is 25.5 Å². The first-order valence-electron chi connectivity index (χ1n) is 7.18. The van der Waals surface area contributed by atoms with Crippen LogP contribution >= 0.6 is 15.9 Å². The Hall–Kier alpha value is 0.390. The lowest BCUT2D eigenvalue weighted by Crippen LogP contribution is -2.38. The lowest BCUT2D eigenvalue weighted by Gasteiger charge is -2.24. The van der Waals surface area contributed by atoms with Crippen molar-refractivity contribution in [3.05, 3.63) is 0 Å². The molecule has 2 unspecified atom stereocenters. The van der Waals surface area contributed by atoms with Crippen LogP contribution in [0.2, 0.25) is 0 Å². The second-order valence-corrected chi connectivity index (χ2v) is 8.45. The van der Waals surface area contributed by atoms with Gasteiger partial charge in [-0.2, -0.15) is 0 Å². The zero-order chi connectivity index (χ0) is 13.0. The normalized spacial score (nSPS) is 30.7. The van der Waals surface area contributed by atoms with Gasteiger partial charge in [0.05, 0.1) is 5.25 Å². The highest BCUT2D eigenvalue weighted by Gasteiger charge is 2.30. The molecule has 0 heterocycles. The minimum absolute atomic E-state index is 0.130. The van der Waals surface area contributed by atoms with Gasteiger partial charge in [0.2, 0.25) is 10.0 Å². The molecular formula is C13H24BrNO2S. The standard InChI is InChI=1S/C13H24BrNO2S/c14-9-11-5-4-6-12(11)10-15-18(16,17)13-7-2-1-3-8-13/h11-13,15H,1-10H2. The van der Waals surface area contributed by atoms with Crippen LogP contribution < -0.4 is 4.72 Å². The molecule has 18 heavy (non-hydrogen) atoms. The van der Waals surface area contributed by atoms with Gasteiger partial charge in [-0.1, -0.05) is 41.6 Å². The number of nitrogens with one attached hydrogen (secondary N) is 1. The highest BCUT2D eigenvalue weighted by molar-refractivity contribution is 9.09. The molecule has 0 aromatic carbocycles. The number of hydrogen-bond donors (Lipinski definition) is 1. The second-order valence-electron chi connectivity index (χ2n) is 5.76. The average Bonchev–Trinajstić information content (AvgIpc) is 2.85. The largest absolute Gasteiger partial charge is 0.215 e. The fourth-order valence-corrected chi connectivity index (χ4v) is 5.79. The number of alkyl halides is 1. The van der Waals surface area contributed by atoms with E-state index >= 15 is 0 Å². The van der Waals surface area contributed by atoms with Crippen molar-refractivity contribution in [3.63, 3.8) is 0 Å². The maximum Gasteiger partial charge on any atom is 0.214 e. The Morgan fingerprint density at radius 2 is 1.61 bits per heavy atom. The maximum absolute atomic E-state index is 12.2. The molecular weight excluding hydrogens is 314 g/mol. The van der Waals surface area contributed by atoms with Gasteiger partial charge in [0.25, 0.3) is 0 Å². The number of rotatable bonds is 5. The average molecular weight is 338 g/mol. The number of halogens is 1. The Morgan fingerprint density at radius 1 is 0.944 bits per heavy atom. The van der Waals surface area contributed by atoms with Gasteiger partial charge < -0.3 is 0 Å². The molecule has 0 radical (unpaired) electrons. The van der Waals surface area contributed by atoms with Gasteiger partial charge in [-0.05, 0) is 37.5 Å². The van der Waals surface area contributed by atoms with Crippen LogP contribution in [0.25, 0.3) is 0 Å². The Morgan fingerprint density at radius 3 is 2.28 bits per heavy atom. The fourth-order valence-electron chi connectivity index (χ4n) is 3.30. The van der Waals surface area contributed by atoms with Crippen molar-refractivity contribution in [2.75, 3.05) is 11.9 Å². The number of sulfonamides is 1. The van der Waals surface area contributed by atoms with Crippen molar-refractivity contribution in [1.29, 1.82) is 0 Å². The summed E-state index contributed by atoms with van der Waals surface area (Å²) in [5.74, 6) is 1.18. The maximum atomic E-state index is 12.2. The van der Waals surface area contributed by atoms with Gasteiger partial charge in [-0.3, -0.25) is 0 Å². The van der Waals surface area contributed by atoms with E-state index in [1.165, 1.54) is 25.7 Å². The molecule has 106 valence electrons. The van der Waals surface area contributed by atoms with Crippen molar-refractivity contribution in [3.8, 4) is 0 Å². The van der Waals surface area contributed by atoms with Crippen molar-refractivity contribution in [2.24, 2.45) is 11.8 Å². The first kappa shape index (κ1) is 14.8. The van der Waals surface area contributed by atoms with Gasteiger partial charge in [0.15, 0.2) is 0 Å².